The van der Waals surface area contributed by atoms with Gasteiger partial charge in [0.15, 0.2) is 6.04 Å². The van der Waals surface area contributed by atoms with Crippen molar-refractivity contribution in [1.82, 2.24) is 4.90 Å². The Balaban J connectivity index is 2.04. The van der Waals surface area contributed by atoms with Crippen LogP contribution in [0.3, 0.4) is 0 Å². The van der Waals surface area contributed by atoms with Gasteiger partial charge in [-0.1, -0.05) is 6.07 Å². The lowest BCUT2D eigenvalue weighted by Crippen LogP contribution is -2.53. The Bertz CT molecular complexity index is 418. The number of carbonyl (C=O) groups excluding carboxylic acids is 2. The molecular formula is C12H15NO4S. The van der Waals surface area contributed by atoms with E-state index in [0.717, 1.165) is 4.88 Å². The molecule has 0 spiro atoms. The summed E-state index contributed by atoms with van der Waals surface area (Å²) >= 11 is 1.54. The fourth-order valence-corrected chi connectivity index (χ4v) is 2.59. The fourth-order valence-electron chi connectivity index (χ4n) is 1.90. The van der Waals surface area contributed by atoms with Crippen LogP contribution in [-0.4, -0.2) is 49.7 Å². The molecule has 1 fully saturated rings. The first-order valence-electron chi connectivity index (χ1n) is 5.70. The second-order valence-electron chi connectivity index (χ2n) is 3.96. The first kappa shape index (κ1) is 13.0. The second-order valence-corrected chi connectivity index (χ2v) is 4.99. The number of rotatable bonds is 3. The molecule has 0 aromatic carbocycles. The minimum atomic E-state index is -0.615. The number of esters is 1. The van der Waals surface area contributed by atoms with Crippen molar-refractivity contribution in [3.05, 3.63) is 22.4 Å². The zero-order chi connectivity index (χ0) is 13.0. The zero-order valence-corrected chi connectivity index (χ0v) is 10.9. The molecule has 5 nitrogen and oxygen atoms in total. The van der Waals surface area contributed by atoms with E-state index in [1.807, 2.05) is 17.5 Å². The summed E-state index contributed by atoms with van der Waals surface area (Å²) in [6, 6.07) is 3.21. The Kier molecular flexibility index (Phi) is 4.33. The topological polar surface area (TPSA) is 55.8 Å². The number of nitrogens with zero attached hydrogens (tertiary/aromatic N) is 1. The molecule has 2 heterocycles. The summed E-state index contributed by atoms with van der Waals surface area (Å²) in [5.41, 5.74) is 0. The van der Waals surface area contributed by atoms with Crippen LogP contribution in [0.4, 0.5) is 0 Å². The summed E-state index contributed by atoms with van der Waals surface area (Å²) < 4.78 is 9.92. The monoisotopic (exact) mass is 269 g/mol. The molecule has 1 aliphatic heterocycles. The van der Waals surface area contributed by atoms with Crippen molar-refractivity contribution in [3.63, 3.8) is 0 Å². The highest BCUT2D eigenvalue weighted by Crippen LogP contribution is 2.14. The Hall–Kier alpha value is -1.40. The normalized spacial score (nSPS) is 19.6. The van der Waals surface area contributed by atoms with E-state index >= 15 is 0 Å². The van der Waals surface area contributed by atoms with Gasteiger partial charge in [0.1, 0.15) is 0 Å². The number of hydrogen-bond donors (Lipinski definition) is 0. The van der Waals surface area contributed by atoms with Crippen LogP contribution in [0.2, 0.25) is 0 Å². The summed E-state index contributed by atoms with van der Waals surface area (Å²) in [4.78, 5) is 26.3. The van der Waals surface area contributed by atoms with Gasteiger partial charge in [-0.25, -0.2) is 4.79 Å². The fraction of sp³-hybridized carbons (Fsp3) is 0.500. The van der Waals surface area contributed by atoms with Crippen molar-refractivity contribution < 1.29 is 19.1 Å². The molecule has 0 N–H and O–H groups in total. The summed E-state index contributed by atoms with van der Waals surface area (Å²) in [6.07, 6.45) is 0.325. The third kappa shape index (κ3) is 2.88. The average Bonchev–Trinajstić information content (AvgIpc) is 2.90. The van der Waals surface area contributed by atoms with Crippen LogP contribution in [0.5, 0.6) is 0 Å². The highest BCUT2D eigenvalue weighted by atomic mass is 32.1. The number of hydrogen-bond acceptors (Lipinski definition) is 5. The lowest BCUT2D eigenvalue weighted by Gasteiger charge is -2.33. The molecule has 98 valence electrons. The van der Waals surface area contributed by atoms with Gasteiger partial charge in [0.05, 0.1) is 26.7 Å². The first-order valence-corrected chi connectivity index (χ1v) is 6.57. The van der Waals surface area contributed by atoms with Gasteiger partial charge in [0.25, 0.3) is 0 Å². The van der Waals surface area contributed by atoms with E-state index in [9.17, 15) is 9.59 Å². The molecular weight excluding hydrogens is 254 g/mol. The van der Waals surface area contributed by atoms with Gasteiger partial charge in [-0.3, -0.25) is 4.79 Å². The molecule has 0 radical (unpaired) electrons. The van der Waals surface area contributed by atoms with Gasteiger partial charge in [0.2, 0.25) is 5.91 Å². The zero-order valence-electron chi connectivity index (χ0n) is 10.1. The molecule has 0 aliphatic carbocycles. The summed E-state index contributed by atoms with van der Waals surface area (Å²) in [5, 5.41) is 1.93. The molecule has 1 aromatic heterocycles. The molecule has 1 saturated heterocycles. The summed E-state index contributed by atoms with van der Waals surface area (Å²) in [5.74, 6) is -0.481. The predicted molar refractivity (Wildman–Crippen MR) is 66.4 cm³/mol. The number of thiophene rings is 1. The second kappa shape index (κ2) is 5.97. The molecule has 1 aromatic rings. The van der Waals surface area contributed by atoms with Crippen molar-refractivity contribution in [1.29, 1.82) is 0 Å². The maximum absolute atomic E-state index is 12.2. The Labute approximate surface area is 109 Å². The predicted octanol–water partition coefficient (Wildman–Crippen LogP) is 0.691. The molecule has 1 aliphatic rings. The van der Waals surface area contributed by atoms with Crippen LogP contribution in [0, 0.1) is 0 Å². The van der Waals surface area contributed by atoms with Crippen LogP contribution in [-0.2, 0) is 25.5 Å². The molecule has 1 amide bonds. The third-order valence-electron chi connectivity index (χ3n) is 2.83. The number of ether oxygens (including phenoxy) is 2. The standard InChI is InChI=1S/C12H15NO4S/c1-16-12(15)10-8-17-5-4-13(10)11(14)7-9-3-2-6-18-9/h2-3,6,10H,4-5,7-8H2,1H3. The van der Waals surface area contributed by atoms with Crippen LogP contribution in [0.15, 0.2) is 17.5 Å². The minimum Gasteiger partial charge on any atom is -0.467 e. The van der Waals surface area contributed by atoms with Crippen LogP contribution in [0.25, 0.3) is 0 Å². The van der Waals surface area contributed by atoms with Crippen LogP contribution < -0.4 is 0 Å². The maximum Gasteiger partial charge on any atom is 0.331 e. The number of morpholine rings is 1. The van der Waals surface area contributed by atoms with Gasteiger partial charge in [-0.15, -0.1) is 11.3 Å². The van der Waals surface area contributed by atoms with Gasteiger partial charge < -0.3 is 14.4 Å². The van der Waals surface area contributed by atoms with Crippen molar-refractivity contribution in [2.75, 3.05) is 26.9 Å². The molecule has 2 rings (SSSR count). The summed E-state index contributed by atoms with van der Waals surface area (Å²) in [6.45, 7) is 1.11. The molecule has 0 saturated carbocycles. The van der Waals surface area contributed by atoms with Crippen molar-refractivity contribution in [3.8, 4) is 0 Å². The Morgan fingerprint density at radius 3 is 3.11 bits per heavy atom. The van der Waals surface area contributed by atoms with E-state index in [4.69, 9.17) is 9.47 Å². The average molecular weight is 269 g/mol. The van der Waals surface area contributed by atoms with Crippen molar-refractivity contribution >= 4 is 23.2 Å². The van der Waals surface area contributed by atoms with E-state index < -0.39 is 12.0 Å². The molecule has 1 unspecified atom stereocenters. The lowest BCUT2D eigenvalue weighted by atomic mass is 10.2. The van der Waals surface area contributed by atoms with Crippen molar-refractivity contribution in [2.45, 2.75) is 12.5 Å². The van der Waals surface area contributed by atoms with Gasteiger partial charge in [-0.2, -0.15) is 0 Å². The van der Waals surface area contributed by atoms with Gasteiger partial charge in [0, 0.05) is 11.4 Å². The number of amides is 1. The Morgan fingerprint density at radius 1 is 1.61 bits per heavy atom. The maximum atomic E-state index is 12.2. The molecule has 6 heteroatoms. The SMILES string of the molecule is COC(=O)C1COCCN1C(=O)Cc1cccs1. The molecule has 18 heavy (non-hydrogen) atoms. The largest absolute Gasteiger partial charge is 0.467 e. The van der Waals surface area contributed by atoms with E-state index in [1.165, 1.54) is 18.4 Å². The van der Waals surface area contributed by atoms with E-state index in [1.54, 1.807) is 4.90 Å². The van der Waals surface area contributed by atoms with E-state index in [0.29, 0.717) is 19.6 Å². The number of methoxy groups -OCH3 is 1. The lowest BCUT2D eigenvalue weighted by molar-refractivity contribution is -0.160. The number of carbonyl (C=O) groups is 2. The Morgan fingerprint density at radius 2 is 2.44 bits per heavy atom. The smallest absolute Gasteiger partial charge is 0.331 e. The highest BCUT2D eigenvalue weighted by Gasteiger charge is 2.33. The van der Waals surface area contributed by atoms with E-state index in [2.05, 4.69) is 0 Å². The van der Waals surface area contributed by atoms with Gasteiger partial charge in [-0.05, 0) is 11.4 Å². The highest BCUT2D eigenvalue weighted by molar-refractivity contribution is 7.10. The molecule has 0 bridgehead atoms. The molecule has 1 atom stereocenters. The summed E-state index contributed by atoms with van der Waals surface area (Å²) in [7, 11) is 1.32. The van der Waals surface area contributed by atoms with Crippen LogP contribution >= 0.6 is 11.3 Å². The van der Waals surface area contributed by atoms with Gasteiger partial charge >= 0.3 is 5.97 Å². The van der Waals surface area contributed by atoms with Crippen LogP contribution in [0.1, 0.15) is 4.88 Å². The third-order valence-corrected chi connectivity index (χ3v) is 3.70. The minimum absolute atomic E-state index is 0.0591. The quantitative estimate of drug-likeness (QED) is 0.758. The van der Waals surface area contributed by atoms with Crippen molar-refractivity contribution in [2.24, 2.45) is 0 Å². The van der Waals surface area contributed by atoms with E-state index in [-0.39, 0.29) is 12.5 Å². The first-order chi connectivity index (χ1) is 8.72.